The molecule has 0 radical (unpaired) electrons. The van der Waals surface area contributed by atoms with Gasteiger partial charge in [0.25, 0.3) is 0 Å². The summed E-state index contributed by atoms with van der Waals surface area (Å²) in [4.78, 5) is 22.4. The van der Waals surface area contributed by atoms with Crippen LogP contribution in [0.3, 0.4) is 0 Å². The molecule has 6 heteroatoms. The van der Waals surface area contributed by atoms with Crippen LogP contribution in [0.1, 0.15) is 27.6 Å². The van der Waals surface area contributed by atoms with Crippen LogP contribution in [-0.2, 0) is 4.74 Å². The van der Waals surface area contributed by atoms with Crippen LogP contribution >= 0.6 is 0 Å². The largest absolute Gasteiger partial charge is 0.507 e. The van der Waals surface area contributed by atoms with Crippen molar-refractivity contribution >= 4 is 11.8 Å². The number of carboxylic acid groups (broad SMARTS) is 1. The number of carboxylic acids is 1. The van der Waals surface area contributed by atoms with Gasteiger partial charge in [0.05, 0.1) is 12.7 Å². The van der Waals surface area contributed by atoms with Gasteiger partial charge in [0, 0.05) is 5.56 Å². The minimum Gasteiger partial charge on any atom is -0.507 e. The average Bonchev–Trinajstić information content (AvgIpc) is 2.35. The molecule has 0 aliphatic carbocycles. The fraction of sp³-hybridized carbons (Fsp3) is 0.333. The van der Waals surface area contributed by atoms with Gasteiger partial charge < -0.3 is 20.1 Å². The molecule has 3 N–H and O–H groups in total. The summed E-state index contributed by atoms with van der Waals surface area (Å²) in [6, 6.07) is 3.55. The van der Waals surface area contributed by atoms with Gasteiger partial charge in [-0.05, 0) is 25.1 Å². The zero-order chi connectivity index (χ0) is 13.7. The first-order valence-electron chi connectivity index (χ1n) is 5.27. The molecule has 1 aromatic rings. The van der Waals surface area contributed by atoms with Crippen molar-refractivity contribution in [3.63, 3.8) is 0 Å². The van der Waals surface area contributed by atoms with Crippen molar-refractivity contribution < 1.29 is 29.6 Å². The number of carbonyl (C=O) groups excluding carboxylic acids is 1. The van der Waals surface area contributed by atoms with Gasteiger partial charge >= 0.3 is 5.97 Å². The fourth-order valence-corrected chi connectivity index (χ4v) is 1.23. The summed E-state index contributed by atoms with van der Waals surface area (Å²) >= 11 is 0. The first-order chi connectivity index (χ1) is 8.45. The number of aliphatic hydroxyl groups excluding tert-OH is 1. The van der Waals surface area contributed by atoms with E-state index in [9.17, 15) is 14.7 Å². The van der Waals surface area contributed by atoms with E-state index in [-0.39, 0.29) is 24.3 Å². The van der Waals surface area contributed by atoms with Crippen molar-refractivity contribution in [2.24, 2.45) is 0 Å². The summed E-state index contributed by atoms with van der Waals surface area (Å²) in [6.07, 6.45) is -0.468. The van der Waals surface area contributed by atoms with Gasteiger partial charge in [0.2, 0.25) is 0 Å². The van der Waals surface area contributed by atoms with Gasteiger partial charge in [0.15, 0.2) is 5.78 Å². The van der Waals surface area contributed by atoms with E-state index >= 15 is 0 Å². The molecule has 6 nitrogen and oxygen atoms in total. The normalized spacial score (nSPS) is 12.1. The number of Topliss-reactive ketones (excluding diaryl/α,β-unsaturated/α-hetero) is 1. The molecular weight excluding hydrogens is 240 g/mol. The summed E-state index contributed by atoms with van der Waals surface area (Å²) in [5.41, 5.74) is -0.202. The number of carbonyl (C=O) groups is 2. The molecule has 0 bridgehead atoms. The molecule has 0 amide bonds. The molecule has 0 aromatic heterocycles. The van der Waals surface area contributed by atoms with Crippen molar-refractivity contribution in [3.8, 4) is 5.75 Å². The van der Waals surface area contributed by atoms with Gasteiger partial charge in [-0.25, -0.2) is 4.79 Å². The Hall–Kier alpha value is -1.92. The number of ketones is 1. The molecule has 0 aliphatic heterocycles. The monoisotopic (exact) mass is 254 g/mol. The molecular formula is C12H14O6. The maximum absolute atomic E-state index is 11.7. The van der Waals surface area contributed by atoms with Crippen LogP contribution in [0.4, 0.5) is 0 Å². The van der Waals surface area contributed by atoms with Crippen LogP contribution in [-0.4, -0.2) is 46.4 Å². The number of ether oxygens (including phenoxy) is 1. The first kappa shape index (κ1) is 14.1. The molecule has 0 aliphatic rings. The molecule has 0 fully saturated rings. The number of aromatic carboxylic acids is 1. The summed E-state index contributed by atoms with van der Waals surface area (Å²) < 4.78 is 5.03. The van der Waals surface area contributed by atoms with E-state index in [4.69, 9.17) is 14.9 Å². The van der Waals surface area contributed by atoms with Crippen molar-refractivity contribution in [1.82, 2.24) is 0 Å². The first-order valence-corrected chi connectivity index (χ1v) is 5.27. The summed E-state index contributed by atoms with van der Waals surface area (Å²) in [5.74, 6) is -2.13. The summed E-state index contributed by atoms with van der Waals surface area (Å²) in [5, 5.41) is 26.8. The summed E-state index contributed by atoms with van der Waals surface area (Å²) in [7, 11) is 0. The van der Waals surface area contributed by atoms with E-state index in [1.54, 1.807) is 6.92 Å². The van der Waals surface area contributed by atoms with E-state index in [1.807, 2.05) is 0 Å². The predicted octanol–water partition coefficient (Wildman–Crippen LogP) is 0.670. The molecule has 0 spiro atoms. The lowest BCUT2D eigenvalue weighted by Crippen LogP contribution is -2.19. The summed E-state index contributed by atoms with van der Waals surface area (Å²) in [6.45, 7) is 1.14. The molecule has 1 unspecified atom stereocenters. The van der Waals surface area contributed by atoms with Crippen LogP contribution in [0.2, 0.25) is 0 Å². The van der Waals surface area contributed by atoms with E-state index in [0.717, 1.165) is 12.1 Å². The van der Waals surface area contributed by atoms with Crippen LogP contribution in [0.15, 0.2) is 18.2 Å². The van der Waals surface area contributed by atoms with Crippen molar-refractivity contribution in [2.45, 2.75) is 13.0 Å². The standard InChI is InChI=1S/C12H14O6/c1-7(5-13)18-6-11(15)8-2-3-10(14)9(4-8)12(16)17/h2-4,7,13-14H,5-6H2,1H3,(H,16,17). The Bertz CT molecular complexity index is 454. The average molecular weight is 254 g/mol. The smallest absolute Gasteiger partial charge is 0.339 e. The van der Waals surface area contributed by atoms with Crippen LogP contribution in [0, 0.1) is 0 Å². The zero-order valence-electron chi connectivity index (χ0n) is 9.79. The van der Waals surface area contributed by atoms with Crippen molar-refractivity contribution in [3.05, 3.63) is 29.3 Å². The topological polar surface area (TPSA) is 104 Å². The number of aliphatic hydroxyl groups is 1. The van der Waals surface area contributed by atoms with Crippen LogP contribution in [0.25, 0.3) is 0 Å². The Kier molecular flexibility index (Phi) is 4.82. The van der Waals surface area contributed by atoms with Gasteiger partial charge in [-0.2, -0.15) is 0 Å². The maximum Gasteiger partial charge on any atom is 0.339 e. The van der Waals surface area contributed by atoms with Gasteiger partial charge in [-0.1, -0.05) is 0 Å². The minimum atomic E-state index is -1.31. The lowest BCUT2D eigenvalue weighted by molar-refractivity contribution is 0.0259. The SMILES string of the molecule is CC(CO)OCC(=O)c1ccc(O)c(C(=O)O)c1. The predicted molar refractivity (Wildman–Crippen MR) is 61.9 cm³/mol. The molecule has 98 valence electrons. The molecule has 0 saturated carbocycles. The lowest BCUT2D eigenvalue weighted by atomic mass is 10.1. The molecule has 0 heterocycles. The van der Waals surface area contributed by atoms with Gasteiger partial charge in [-0.3, -0.25) is 4.79 Å². The van der Waals surface area contributed by atoms with E-state index < -0.39 is 23.6 Å². The second kappa shape index (κ2) is 6.13. The van der Waals surface area contributed by atoms with E-state index in [1.165, 1.54) is 6.07 Å². The molecule has 1 rings (SSSR count). The third-order valence-electron chi connectivity index (χ3n) is 2.30. The Labute approximate surface area is 103 Å². The third kappa shape index (κ3) is 3.54. The highest BCUT2D eigenvalue weighted by atomic mass is 16.5. The lowest BCUT2D eigenvalue weighted by Gasteiger charge is -2.09. The third-order valence-corrected chi connectivity index (χ3v) is 2.30. The van der Waals surface area contributed by atoms with Crippen LogP contribution < -0.4 is 0 Å². The minimum absolute atomic E-state index is 0.135. The number of hydrogen-bond acceptors (Lipinski definition) is 5. The fourth-order valence-electron chi connectivity index (χ4n) is 1.23. The van der Waals surface area contributed by atoms with Crippen LogP contribution in [0.5, 0.6) is 5.75 Å². The molecule has 1 atom stereocenters. The van der Waals surface area contributed by atoms with Gasteiger partial charge in [-0.15, -0.1) is 0 Å². The number of benzene rings is 1. The maximum atomic E-state index is 11.7. The quantitative estimate of drug-likeness (QED) is 0.644. The highest BCUT2D eigenvalue weighted by Gasteiger charge is 2.14. The highest BCUT2D eigenvalue weighted by molar-refractivity contribution is 6.00. The molecule has 1 aromatic carbocycles. The van der Waals surface area contributed by atoms with Crippen molar-refractivity contribution in [1.29, 1.82) is 0 Å². The Morgan fingerprint density at radius 3 is 2.61 bits per heavy atom. The van der Waals surface area contributed by atoms with Gasteiger partial charge in [0.1, 0.15) is 17.9 Å². The van der Waals surface area contributed by atoms with Crippen molar-refractivity contribution in [2.75, 3.05) is 13.2 Å². The number of rotatable bonds is 6. The van der Waals surface area contributed by atoms with E-state index in [0.29, 0.717) is 0 Å². The Morgan fingerprint density at radius 2 is 2.06 bits per heavy atom. The Morgan fingerprint density at radius 1 is 1.39 bits per heavy atom. The number of hydrogen-bond donors (Lipinski definition) is 3. The molecule has 18 heavy (non-hydrogen) atoms. The second-order valence-electron chi connectivity index (χ2n) is 3.76. The number of phenols is 1. The molecule has 0 saturated heterocycles. The zero-order valence-corrected chi connectivity index (χ0v) is 9.79. The number of aromatic hydroxyl groups is 1. The highest BCUT2D eigenvalue weighted by Crippen LogP contribution is 2.18. The van der Waals surface area contributed by atoms with E-state index in [2.05, 4.69) is 0 Å². The second-order valence-corrected chi connectivity index (χ2v) is 3.76. The Balaban J connectivity index is 2.80.